The zero-order chi connectivity index (χ0) is 17.4. The van der Waals surface area contributed by atoms with Crippen LogP contribution in [0.1, 0.15) is 6.23 Å². The quantitative estimate of drug-likeness (QED) is 0.256. The number of rotatable bonds is 5. The smallest absolute Gasteiger partial charge is 0.261 e. The predicted molar refractivity (Wildman–Crippen MR) is 78.0 cm³/mol. The van der Waals surface area contributed by atoms with E-state index in [-0.39, 0.29) is 17.0 Å². The van der Waals surface area contributed by atoms with Crippen LogP contribution in [-0.2, 0) is 14.3 Å². The van der Waals surface area contributed by atoms with Gasteiger partial charge in [-0.1, -0.05) is 0 Å². The highest BCUT2D eigenvalue weighted by molar-refractivity contribution is 7.45. The molecule has 1 aliphatic rings. The van der Waals surface area contributed by atoms with Crippen molar-refractivity contribution in [1.29, 1.82) is 0 Å². The molecule has 6 N–H and O–H groups in total. The molecule has 1 aliphatic heterocycles. The summed E-state index contributed by atoms with van der Waals surface area (Å²) in [4.78, 5) is 31.7. The lowest BCUT2D eigenvalue weighted by molar-refractivity contribution is -0.327. The molecule has 0 saturated carbocycles. The van der Waals surface area contributed by atoms with Crippen molar-refractivity contribution >= 4 is 25.4 Å². The molecule has 2 unspecified atom stereocenters. The first-order valence-electron chi connectivity index (χ1n) is 6.67. The summed E-state index contributed by atoms with van der Waals surface area (Å²) in [6, 6.07) is 1.41. The lowest BCUT2D eigenvalue weighted by Crippen LogP contribution is -2.29. The third-order valence-electron chi connectivity index (χ3n) is 3.37. The summed E-state index contributed by atoms with van der Waals surface area (Å²) >= 11 is 0. The molecule has 11 nitrogen and oxygen atoms in total. The van der Waals surface area contributed by atoms with Gasteiger partial charge in [-0.05, 0) is 6.07 Å². The van der Waals surface area contributed by atoms with Crippen molar-refractivity contribution in [3.8, 4) is 0 Å². The number of fused-ring (bicyclic) bond motifs is 1. The number of hydrogen-bond acceptors (Lipinski definition) is 9. The van der Waals surface area contributed by atoms with Gasteiger partial charge >= 0.3 is 0 Å². The number of anilines is 1. The molecule has 2 aromatic heterocycles. The molecule has 0 bridgehead atoms. The number of ether oxygens (including phenoxy) is 1. The SMILES string of the molecule is Nc1nc2c(ccn2[C@@H]2O[C@H](OOP(O)CO)C(F)[C@@H]2O)c(=O)[nH]1. The second kappa shape index (κ2) is 6.69. The van der Waals surface area contributed by atoms with E-state index in [1.165, 1.54) is 16.8 Å². The number of hydrogen-bond donors (Lipinski definition) is 5. The lowest BCUT2D eigenvalue weighted by atomic mass is 10.2. The number of nitrogens with zero attached hydrogens (tertiary/aromatic N) is 2. The molecule has 2 aromatic rings. The molecular weight excluding hydrogens is 350 g/mol. The van der Waals surface area contributed by atoms with Crippen LogP contribution in [-0.4, -0.2) is 54.6 Å². The minimum atomic E-state index is -2.30. The van der Waals surface area contributed by atoms with Gasteiger partial charge < -0.3 is 30.1 Å². The molecule has 24 heavy (non-hydrogen) atoms. The Labute approximate surface area is 134 Å². The van der Waals surface area contributed by atoms with Crippen molar-refractivity contribution in [1.82, 2.24) is 14.5 Å². The molecule has 5 atom stereocenters. The number of aromatic nitrogens is 3. The molecule has 0 amide bonds. The Morgan fingerprint density at radius 3 is 3.04 bits per heavy atom. The Balaban J connectivity index is 1.86. The Kier molecular flexibility index (Phi) is 4.78. The van der Waals surface area contributed by atoms with Crippen LogP contribution in [0.2, 0.25) is 0 Å². The number of nitrogen functional groups attached to an aromatic ring is 1. The van der Waals surface area contributed by atoms with E-state index < -0.39 is 45.1 Å². The summed E-state index contributed by atoms with van der Waals surface area (Å²) in [7, 11) is -2.30. The van der Waals surface area contributed by atoms with E-state index in [1.54, 1.807) is 0 Å². The average Bonchev–Trinajstić information content (AvgIpc) is 3.08. The van der Waals surface area contributed by atoms with Crippen LogP contribution >= 0.6 is 8.38 Å². The van der Waals surface area contributed by atoms with Gasteiger partial charge in [0.25, 0.3) is 5.56 Å². The summed E-state index contributed by atoms with van der Waals surface area (Å²) in [6.07, 6.45) is -5.91. The molecule has 3 rings (SSSR count). The molecule has 0 aromatic carbocycles. The van der Waals surface area contributed by atoms with Gasteiger partial charge in [0.05, 0.1) is 5.39 Å². The summed E-state index contributed by atoms with van der Waals surface area (Å²) in [5, 5.41) is 18.8. The van der Waals surface area contributed by atoms with Crippen LogP contribution in [0.15, 0.2) is 17.1 Å². The molecule has 1 saturated heterocycles. The topological polar surface area (TPSA) is 165 Å². The number of aliphatic hydroxyl groups excluding tert-OH is 2. The van der Waals surface area contributed by atoms with Crippen molar-refractivity contribution in [2.24, 2.45) is 0 Å². The summed E-state index contributed by atoms with van der Waals surface area (Å²) in [6.45, 7) is 0. The molecular formula is C11H14FN4O7P. The van der Waals surface area contributed by atoms with Gasteiger partial charge in [-0.25, -0.2) is 4.39 Å². The minimum absolute atomic E-state index is 0.0915. The monoisotopic (exact) mass is 364 g/mol. The Bertz CT molecular complexity index is 785. The van der Waals surface area contributed by atoms with Gasteiger partial charge in [-0.15, -0.1) is 0 Å². The van der Waals surface area contributed by atoms with Crippen LogP contribution < -0.4 is 11.3 Å². The highest BCUT2D eigenvalue weighted by atomic mass is 31.2. The first kappa shape index (κ1) is 17.2. The standard InChI is InChI=1S/C11H14FN4O7P/c12-5-6(18)9(21-10(5)22-23-24(20)3-17)16-2-1-4-7(16)14-11(13)15-8(4)19/h1-2,5-6,9-10,17-18,20H,3H2,(H3,13,14,15,19)/t5?,6-,9+,10+,24?/m0/s1. The minimum Gasteiger partial charge on any atom is -0.387 e. The van der Waals surface area contributed by atoms with E-state index in [1.807, 2.05) is 0 Å². The Morgan fingerprint density at radius 1 is 1.58 bits per heavy atom. The first-order valence-corrected chi connectivity index (χ1v) is 8.06. The predicted octanol–water partition coefficient (Wildman–Crippen LogP) is -0.937. The number of aromatic amines is 1. The maximum Gasteiger partial charge on any atom is 0.261 e. The second-order valence-corrected chi connectivity index (χ2v) is 6.04. The molecule has 13 heteroatoms. The van der Waals surface area contributed by atoms with E-state index in [0.717, 1.165) is 0 Å². The van der Waals surface area contributed by atoms with Crippen LogP contribution in [0.4, 0.5) is 10.3 Å². The van der Waals surface area contributed by atoms with Crippen LogP contribution in [0.3, 0.4) is 0 Å². The van der Waals surface area contributed by atoms with Gasteiger partial charge in [-0.3, -0.25) is 9.78 Å². The van der Waals surface area contributed by atoms with E-state index in [9.17, 15) is 14.3 Å². The van der Waals surface area contributed by atoms with Crippen molar-refractivity contribution in [2.75, 3.05) is 12.1 Å². The molecule has 0 aliphatic carbocycles. The fourth-order valence-corrected chi connectivity index (χ4v) is 2.53. The van der Waals surface area contributed by atoms with Gasteiger partial charge in [0.2, 0.25) is 20.6 Å². The molecule has 0 spiro atoms. The number of H-pyrrole nitrogens is 1. The average molecular weight is 364 g/mol. The number of nitrogens with one attached hydrogen (secondary N) is 1. The lowest BCUT2D eigenvalue weighted by Gasteiger charge is -2.16. The molecule has 3 heterocycles. The van der Waals surface area contributed by atoms with Gasteiger partial charge in [0, 0.05) is 6.20 Å². The fraction of sp³-hybridized carbons (Fsp3) is 0.455. The van der Waals surface area contributed by atoms with Crippen molar-refractivity contribution in [3.05, 3.63) is 22.6 Å². The third kappa shape index (κ3) is 3.00. The number of halogens is 1. The molecule has 132 valence electrons. The summed E-state index contributed by atoms with van der Waals surface area (Å²) in [5.74, 6) is -0.151. The fourth-order valence-electron chi connectivity index (χ4n) is 2.30. The van der Waals surface area contributed by atoms with Gasteiger partial charge in [0.15, 0.2) is 18.0 Å². The van der Waals surface area contributed by atoms with E-state index in [4.69, 9.17) is 20.5 Å². The van der Waals surface area contributed by atoms with Gasteiger partial charge in [0.1, 0.15) is 12.5 Å². The zero-order valence-electron chi connectivity index (χ0n) is 11.9. The second-order valence-electron chi connectivity index (χ2n) is 4.91. The maximum atomic E-state index is 14.1. The van der Waals surface area contributed by atoms with Gasteiger partial charge in [-0.2, -0.15) is 14.5 Å². The normalized spacial score (nSPS) is 28.5. The third-order valence-corrected chi connectivity index (χ3v) is 3.87. The number of aliphatic hydroxyl groups is 2. The number of nitrogens with two attached hydrogens (primary N) is 1. The van der Waals surface area contributed by atoms with Crippen LogP contribution in [0, 0.1) is 0 Å². The van der Waals surface area contributed by atoms with Crippen molar-refractivity contribution in [3.63, 3.8) is 0 Å². The largest absolute Gasteiger partial charge is 0.387 e. The van der Waals surface area contributed by atoms with Crippen molar-refractivity contribution in [2.45, 2.75) is 24.8 Å². The summed E-state index contributed by atoms with van der Waals surface area (Å²) in [5.41, 5.74) is 5.08. The molecule has 0 radical (unpaired) electrons. The zero-order valence-corrected chi connectivity index (χ0v) is 12.8. The Hall–Kier alpha value is -1.66. The first-order chi connectivity index (χ1) is 11.4. The Morgan fingerprint density at radius 2 is 2.33 bits per heavy atom. The van der Waals surface area contributed by atoms with Crippen LogP contribution in [0.5, 0.6) is 0 Å². The highest BCUT2D eigenvalue weighted by Crippen LogP contribution is 2.37. The van der Waals surface area contributed by atoms with E-state index in [2.05, 4.69) is 19.5 Å². The highest BCUT2D eigenvalue weighted by Gasteiger charge is 2.47. The van der Waals surface area contributed by atoms with E-state index >= 15 is 0 Å². The molecule has 1 fully saturated rings. The van der Waals surface area contributed by atoms with Crippen molar-refractivity contribution < 1.29 is 33.8 Å². The maximum absolute atomic E-state index is 14.1. The number of alkyl halides is 1. The summed E-state index contributed by atoms with van der Waals surface area (Å²) < 4.78 is 24.9. The van der Waals surface area contributed by atoms with E-state index in [0.29, 0.717) is 0 Å². The van der Waals surface area contributed by atoms with Crippen LogP contribution in [0.25, 0.3) is 11.0 Å².